The van der Waals surface area contributed by atoms with E-state index in [0.717, 1.165) is 35.6 Å². The van der Waals surface area contributed by atoms with E-state index >= 15 is 0 Å². The van der Waals surface area contributed by atoms with E-state index in [2.05, 4.69) is 40.4 Å². The number of thioether (sulfide) groups is 1. The Morgan fingerprint density at radius 3 is 2.96 bits per heavy atom. The summed E-state index contributed by atoms with van der Waals surface area (Å²) in [6.45, 7) is 2.45. The van der Waals surface area contributed by atoms with Gasteiger partial charge in [-0.05, 0) is 29.3 Å². The van der Waals surface area contributed by atoms with Crippen LogP contribution in [0.3, 0.4) is 0 Å². The predicted molar refractivity (Wildman–Crippen MR) is 104 cm³/mol. The molecule has 4 nitrogen and oxygen atoms in total. The molecule has 0 radical (unpaired) electrons. The van der Waals surface area contributed by atoms with Gasteiger partial charge in [-0.2, -0.15) is 0 Å². The number of benzene rings is 1. The lowest BCUT2D eigenvalue weighted by molar-refractivity contribution is 0.240. The van der Waals surface area contributed by atoms with Crippen LogP contribution in [0.15, 0.2) is 51.5 Å². The lowest BCUT2D eigenvalue weighted by atomic mass is 10.1. The topological polar surface area (TPSA) is 49.0 Å². The number of thiophene rings is 1. The molecule has 1 aromatic carbocycles. The summed E-state index contributed by atoms with van der Waals surface area (Å²) in [6.07, 6.45) is 2.92. The molecule has 0 spiro atoms. The highest BCUT2D eigenvalue weighted by Crippen LogP contribution is 2.25. The summed E-state index contributed by atoms with van der Waals surface area (Å²) < 4.78 is 0. The van der Waals surface area contributed by atoms with Gasteiger partial charge in [-0.3, -0.25) is 9.69 Å². The van der Waals surface area contributed by atoms with E-state index in [-0.39, 0.29) is 5.56 Å². The molecular weight excluding hydrogens is 350 g/mol. The Balaban J connectivity index is 1.58. The fourth-order valence-corrected chi connectivity index (χ4v) is 4.50. The minimum absolute atomic E-state index is 0.00347. The molecule has 25 heavy (non-hydrogen) atoms. The van der Waals surface area contributed by atoms with Crippen LogP contribution in [-0.4, -0.2) is 27.7 Å². The van der Waals surface area contributed by atoms with E-state index in [4.69, 9.17) is 4.98 Å². The third-order valence-corrected chi connectivity index (χ3v) is 6.20. The van der Waals surface area contributed by atoms with Crippen LogP contribution in [0.4, 0.5) is 0 Å². The Labute approximate surface area is 154 Å². The van der Waals surface area contributed by atoms with E-state index in [0.29, 0.717) is 12.4 Å². The lowest BCUT2D eigenvalue weighted by Crippen LogP contribution is -2.35. The Hall–Kier alpha value is -1.89. The standard InChI is InChI=1S/C19H19N3OS2/c1-24-16-6-3-2-5-13(16)11-22-9-8-15-14(12-22)19(23)21-18(20-15)17-7-4-10-25-17/h2-7,10H,8-9,11-12H2,1H3,(H,20,21,23). The number of hydrogen-bond donors (Lipinski definition) is 1. The quantitative estimate of drug-likeness (QED) is 0.711. The summed E-state index contributed by atoms with van der Waals surface area (Å²) in [5.74, 6) is 0.694. The molecule has 3 aromatic rings. The van der Waals surface area contributed by atoms with Crippen LogP contribution in [0.25, 0.3) is 10.7 Å². The van der Waals surface area contributed by atoms with Crippen molar-refractivity contribution < 1.29 is 0 Å². The molecule has 1 N–H and O–H groups in total. The first-order chi connectivity index (χ1) is 12.2. The molecular formula is C19H19N3OS2. The van der Waals surface area contributed by atoms with Crippen LogP contribution in [0.1, 0.15) is 16.8 Å². The fourth-order valence-electron chi connectivity index (χ4n) is 3.22. The highest BCUT2D eigenvalue weighted by Gasteiger charge is 2.22. The Morgan fingerprint density at radius 1 is 1.28 bits per heavy atom. The van der Waals surface area contributed by atoms with Gasteiger partial charge in [0, 0.05) is 31.0 Å². The summed E-state index contributed by atoms with van der Waals surface area (Å²) in [5, 5.41) is 2.00. The first-order valence-corrected chi connectivity index (χ1v) is 10.3. The first kappa shape index (κ1) is 16.6. The monoisotopic (exact) mass is 369 g/mol. The maximum Gasteiger partial charge on any atom is 0.255 e. The molecule has 0 fully saturated rings. The predicted octanol–water partition coefficient (Wildman–Crippen LogP) is 3.78. The largest absolute Gasteiger partial charge is 0.306 e. The van der Waals surface area contributed by atoms with Crippen molar-refractivity contribution in [3.63, 3.8) is 0 Å². The Morgan fingerprint density at radius 2 is 2.16 bits per heavy atom. The number of H-pyrrole nitrogens is 1. The summed E-state index contributed by atoms with van der Waals surface area (Å²) in [6, 6.07) is 12.4. The number of fused-ring (bicyclic) bond motifs is 1. The van der Waals surface area contributed by atoms with Crippen molar-refractivity contribution >= 4 is 23.1 Å². The van der Waals surface area contributed by atoms with Crippen LogP contribution in [0.2, 0.25) is 0 Å². The average Bonchev–Trinajstić information content (AvgIpc) is 3.17. The number of aromatic nitrogens is 2. The molecule has 0 amide bonds. The Bertz CT molecular complexity index is 934. The molecule has 0 bridgehead atoms. The van der Waals surface area contributed by atoms with E-state index in [1.165, 1.54) is 10.5 Å². The van der Waals surface area contributed by atoms with Gasteiger partial charge in [-0.25, -0.2) is 4.98 Å². The summed E-state index contributed by atoms with van der Waals surface area (Å²) in [5.41, 5.74) is 3.07. The number of aromatic amines is 1. The van der Waals surface area contributed by atoms with Crippen LogP contribution in [-0.2, 0) is 19.5 Å². The molecule has 4 rings (SSSR count). The minimum atomic E-state index is -0.00347. The van der Waals surface area contributed by atoms with Crippen molar-refractivity contribution in [2.24, 2.45) is 0 Å². The first-order valence-electron chi connectivity index (χ1n) is 8.25. The smallest absolute Gasteiger partial charge is 0.255 e. The van der Waals surface area contributed by atoms with Crippen LogP contribution >= 0.6 is 23.1 Å². The fraction of sp³-hybridized carbons (Fsp3) is 0.263. The van der Waals surface area contributed by atoms with E-state index in [1.54, 1.807) is 23.1 Å². The molecule has 1 aliphatic heterocycles. The zero-order chi connectivity index (χ0) is 17.2. The van der Waals surface area contributed by atoms with Gasteiger partial charge in [-0.15, -0.1) is 23.1 Å². The number of nitrogens with zero attached hydrogens (tertiary/aromatic N) is 2. The van der Waals surface area contributed by atoms with Gasteiger partial charge in [0.25, 0.3) is 5.56 Å². The Kier molecular flexibility index (Phi) is 4.74. The maximum absolute atomic E-state index is 12.6. The van der Waals surface area contributed by atoms with Crippen molar-refractivity contribution in [1.82, 2.24) is 14.9 Å². The van der Waals surface area contributed by atoms with Gasteiger partial charge >= 0.3 is 0 Å². The third kappa shape index (κ3) is 3.42. The van der Waals surface area contributed by atoms with Crippen LogP contribution in [0, 0.1) is 0 Å². The lowest BCUT2D eigenvalue weighted by Gasteiger charge is -2.28. The number of rotatable bonds is 4. The highest BCUT2D eigenvalue weighted by molar-refractivity contribution is 7.98. The van der Waals surface area contributed by atoms with Crippen molar-refractivity contribution in [2.45, 2.75) is 24.4 Å². The molecule has 0 saturated heterocycles. The zero-order valence-corrected chi connectivity index (χ0v) is 15.6. The molecule has 2 aromatic heterocycles. The highest BCUT2D eigenvalue weighted by atomic mass is 32.2. The molecule has 6 heteroatoms. The van der Waals surface area contributed by atoms with Gasteiger partial charge in [0.2, 0.25) is 0 Å². The molecule has 0 atom stereocenters. The number of nitrogens with one attached hydrogen (secondary N) is 1. The van der Waals surface area contributed by atoms with E-state index in [1.807, 2.05) is 17.5 Å². The molecule has 128 valence electrons. The summed E-state index contributed by atoms with van der Waals surface area (Å²) >= 11 is 3.36. The summed E-state index contributed by atoms with van der Waals surface area (Å²) in [7, 11) is 0. The van der Waals surface area contributed by atoms with Gasteiger partial charge < -0.3 is 4.98 Å². The van der Waals surface area contributed by atoms with Gasteiger partial charge in [0.05, 0.1) is 16.1 Å². The second-order valence-electron chi connectivity index (χ2n) is 6.09. The van der Waals surface area contributed by atoms with Gasteiger partial charge in [0.15, 0.2) is 5.82 Å². The normalized spacial score (nSPS) is 14.4. The molecule has 0 aliphatic carbocycles. The van der Waals surface area contributed by atoms with E-state index < -0.39 is 0 Å². The van der Waals surface area contributed by atoms with Crippen LogP contribution < -0.4 is 5.56 Å². The maximum atomic E-state index is 12.6. The van der Waals surface area contributed by atoms with E-state index in [9.17, 15) is 4.79 Å². The molecule has 1 aliphatic rings. The van der Waals surface area contributed by atoms with Crippen molar-refractivity contribution in [1.29, 1.82) is 0 Å². The van der Waals surface area contributed by atoms with Gasteiger partial charge in [-0.1, -0.05) is 24.3 Å². The number of hydrogen-bond acceptors (Lipinski definition) is 5. The SMILES string of the molecule is CSc1ccccc1CN1CCc2nc(-c3cccs3)[nH]c(=O)c2C1. The van der Waals surface area contributed by atoms with Crippen molar-refractivity contribution in [2.75, 3.05) is 12.8 Å². The third-order valence-electron chi connectivity index (χ3n) is 4.49. The molecule has 0 unspecified atom stereocenters. The minimum Gasteiger partial charge on any atom is -0.306 e. The van der Waals surface area contributed by atoms with Crippen LogP contribution in [0.5, 0.6) is 0 Å². The van der Waals surface area contributed by atoms with Gasteiger partial charge in [0.1, 0.15) is 0 Å². The zero-order valence-electron chi connectivity index (χ0n) is 14.0. The second kappa shape index (κ2) is 7.15. The molecule has 0 saturated carbocycles. The van der Waals surface area contributed by atoms with Crippen molar-refractivity contribution in [3.8, 4) is 10.7 Å². The molecule has 3 heterocycles. The summed E-state index contributed by atoms with van der Waals surface area (Å²) in [4.78, 5) is 24.9. The van der Waals surface area contributed by atoms with Crippen molar-refractivity contribution in [3.05, 3.63) is 69.0 Å². The second-order valence-corrected chi connectivity index (χ2v) is 7.89. The average molecular weight is 370 g/mol.